The number of benzene rings is 1. The van der Waals surface area contributed by atoms with Gasteiger partial charge in [-0.25, -0.2) is 12.8 Å². The number of aryl methyl sites for hydroxylation is 1. The average Bonchev–Trinajstić information content (AvgIpc) is 3.49. The fourth-order valence-corrected chi connectivity index (χ4v) is 4.87. The van der Waals surface area contributed by atoms with Gasteiger partial charge in [-0.15, -0.1) is 0 Å². The Labute approximate surface area is 178 Å². The van der Waals surface area contributed by atoms with Gasteiger partial charge in [-0.1, -0.05) is 12.1 Å². The molecule has 31 heavy (non-hydrogen) atoms. The summed E-state index contributed by atoms with van der Waals surface area (Å²) in [6.07, 6.45) is 3.94. The van der Waals surface area contributed by atoms with Crippen LogP contribution in [0, 0.1) is 0 Å². The summed E-state index contributed by atoms with van der Waals surface area (Å²) in [5, 5.41) is 11.6. The number of para-hydroxylation sites is 1. The Morgan fingerprint density at radius 3 is 2.90 bits per heavy atom. The highest BCUT2D eigenvalue weighted by molar-refractivity contribution is 7.92. The van der Waals surface area contributed by atoms with Gasteiger partial charge in [0.1, 0.15) is 16.8 Å². The quantitative estimate of drug-likeness (QED) is 0.493. The molecule has 0 spiro atoms. The predicted octanol–water partition coefficient (Wildman–Crippen LogP) is 2.71. The molecule has 2 N–H and O–H groups in total. The molecule has 1 atom stereocenters. The number of rotatable bonds is 5. The lowest BCUT2D eigenvalue weighted by atomic mass is 10.1. The van der Waals surface area contributed by atoms with Crippen molar-refractivity contribution < 1.29 is 12.8 Å². The average molecular weight is 441 g/mol. The van der Waals surface area contributed by atoms with Crippen LogP contribution < -0.4 is 9.62 Å². The molecule has 9 nitrogen and oxygen atoms in total. The highest BCUT2D eigenvalue weighted by atomic mass is 32.2. The van der Waals surface area contributed by atoms with Gasteiger partial charge in [0, 0.05) is 43.6 Å². The normalized spacial score (nSPS) is 16.8. The summed E-state index contributed by atoms with van der Waals surface area (Å²) in [4.78, 5) is 6.49. The molecule has 1 aliphatic rings. The molecule has 4 aromatic rings. The summed E-state index contributed by atoms with van der Waals surface area (Å²) in [6, 6.07) is 9.06. The van der Waals surface area contributed by atoms with Crippen molar-refractivity contribution in [3.8, 4) is 11.4 Å². The van der Waals surface area contributed by atoms with Crippen molar-refractivity contribution >= 4 is 32.3 Å². The second-order valence-corrected chi connectivity index (χ2v) is 9.13. The molecule has 160 valence electrons. The van der Waals surface area contributed by atoms with E-state index in [0.29, 0.717) is 42.1 Å². The third-order valence-electron chi connectivity index (χ3n) is 5.37. The summed E-state index contributed by atoms with van der Waals surface area (Å²) < 4.78 is 43.2. The van der Waals surface area contributed by atoms with E-state index in [1.165, 1.54) is 12.4 Å². The zero-order valence-corrected chi connectivity index (χ0v) is 17.5. The number of alkyl halides is 1. The minimum atomic E-state index is -3.80. The standard InChI is InChI=1S/C20H20FN7O2S/c1-27-20-16(3-2-4-17(20)26-31(29,30)15-10-23-24-11-15)19(25-27)18-9-14(5-7-22-18)28-8-6-13(21)12-28/h2-5,7,9-11,13,26H,6,8,12H2,1H3,(H,23,24)/t13-/m0/s1. The van der Waals surface area contributed by atoms with E-state index in [1.807, 2.05) is 23.1 Å². The monoisotopic (exact) mass is 441 g/mol. The second kappa shape index (κ2) is 7.34. The first-order chi connectivity index (χ1) is 14.9. The summed E-state index contributed by atoms with van der Waals surface area (Å²) in [7, 11) is -2.05. The smallest absolute Gasteiger partial charge is 0.265 e. The van der Waals surface area contributed by atoms with Crippen LogP contribution in [0.1, 0.15) is 6.42 Å². The van der Waals surface area contributed by atoms with E-state index in [0.717, 1.165) is 11.1 Å². The number of sulfonamides is 1. The number of H-pyrrole nitrogens is 1. The first kappa shape index (κ1) is 19.5. The molecule has 0 aliphatic carbocycles. The Balaban J connectivity index is 1.56. The highest BCUT2D eigenvalue weighted by Crippen LogP contribution is 2.33. The van der Waals surface area contributed by atoms with Crippen LogP contribution in [-0.2, 0) is 17.1 Å². The predicted molar refractivity (Wildman–Crippen MR) is 115 cm³/mol. The summed E-state index contributed by atoms with van der Waals surface area (Å²) in [5.74, 6) is 0. The van der Waals surface area contributed by atoms with Gasteiger partial charge in [-0.2, -0.15) is 10.2 Å². The largest absolute Gasteiger partial charge is 0.368 e. The SMILES string of the molecule is Cn1nc(-c2cc(N3CC[C@H](F)C3)ccn2)c2cccc(NS(=O)(=O)c3cn[nH]c3)c21. The number of hydrogen-bond donors (Lipinski definition) is 2. The Hall–Kier alpha value is -3.47. The van der Waals surface area contributed by atoms with Gasteiger partial charge in [0.15, 0.2) is 0 Å². The van der Waals surface area contributed by atoms with E-state index in [1.54, 1.807) is 30.1 Å². The lowest BCUT2D eigenvalue weighted by Gasteiger charge is -2.17. The molecule has 0 bridgehead atoms. The van der Waals surface area contributed by atoms with Gasteiger partial charge in [0.05, 0.1) is 23.1 Å². The number of halogens is 1. The number of aromatic nitrogens is 5. The number of anilines is 2. The highest BCUT2D eigenvalue weighted by Gasteiger charge is 2.24. The third-order valence-corrected chi connectivity index (χ3v) is 6.71. The van der Waals surface area contributed by atoms with Crippen LogP contribution in [0.5, 0.6) is 0 Å². The van der Waals surface area contributed by atoms with E-state index in [9.17, 15) is 12.8 Å². The second-order valence-electron chi connectivity index (χ2n) is 7.44. The number of aromatic amines is 1. The lowest BCUT2D eigenvalue weighted by Crippen LogP contribution is -2.19. The van der Waals surface area contributed by atoms with Gasteiger partial charge < -0.3 is 4.90 Å². The molecule has 0 amide bonds. The molecule has 3 aromatic heterocycles. The van der Waals surface area contributed by atoms with Crippen molar-refractivity contribution in [2.75, 3.05) is 22.7 Å². The maximum absolute atomic E-state index is 13.6. The van der Waals surface area contributed by atoms with Crippen LogP contribution in [-0.4, -0.2) is 52.6 Å². The number of nitrogens with one attached hydrogen (secondary N) is 2. The Morgan fingerprint density at radius 1 is 1.29 bits per heavy atom. The summed E-state index contributed by atoms with van der Waals surface area (Å²) >= 11 is 0. The molecule has 1 aliphatic heterocycles. The van der Waals surface area contributed by atoms with E-state index in [4.69, 9.17) is 0 Å². The number of nitrogens with zero attached hydrogens (tertiary/aromatic N) is 5. The number of hydrogen-bond acceptors (Lipinski definition) is 6. The van der Waals surface area contributed by atoms with E-state index in [2.05, 4.69) is 25.0 Å². The molecule has 0 unspecified atom stereocenters. The molecule has 4 heterocycles. The fraction of sp³-hybridized carbons (Fsp3) is 0.250. The van der Waals surface area contributed by atoms with E-state index >= 15 is 0 Å². The van der Waals surface area contributed by atoms with Gasteiger partial charge in [0.25, 0.3) is 10.0 Å². The number of fused-ring (bicyclic) bond motifs is 1. The van der Waals surface area contributed by atoms with Crippen LogP contribution in [0.15, 0.2) is 53.8 Å². The van der Waals surface area contributed by atoms with Crippen molar-refractivity contribution in [3.05, 3.63) is 48.9 Å². The van der Waals surface area contributed by atoms with E-state index in [-0.39, 0.29) is 4.90 Å². The minimum Gasteiger partial charge on any atom is -0.368 e. The van der Waals surface area contributed by atoms with Gasteiger partial charge >= 0.3 is 0 Å². The van der Waals surface area contributed by atoms with Crippen molar-refractivity contribution in [3.63, 3.8) is 0 Å². The van der Waals surface area contributed by atoms with Crippen molar-refractivity contribution in [2.45, 2.75) is 17.5 Å². The zero-order valence-electron chi connectivity index (χ0n) is 16.7. The first-order valence-corrected chi connectivity index (χ1v) is 11.2. The molecule has 1 fully saturated rings. The Bertz CT molecular complexity index is 1350. The first-order valence-electron chi connectivity index (χ1n) is 9.75. The molecule has 1 saturated heterocycles. The van der Waals surface area contributed by atoms with Crippen LogP contribution in [0.2, 0.25) is 0 Å². The van der Waals surface area contributed by atoms with Crippen molar-refractivity contribution in [2.24, 2.45) is 7.05 Å². The minimum absolute atomic E-state index is 0.0399. The van der Waals surface area contributed by atoms with Crippen LogP contribution in [0.25, 0.3) is 22.3 Å². The molecule has 1 aromatic carbocycles. The Kier molecular flexibility index (Phi) is 4.62. The van der Waals surface area contributed by atoms with Gasteiger partial charge in [0.2, 0.25) is 0 Å². The van der Waals surface area contributed by atoms with Gasteiger partial charge in [-0.05, 0) is 24.6 Å². The molecular formula is C20H20FN7O2S. The topological polar surface area (TPSA) is 109 Å². The van der Waals surface area contributed by atoms with Crippen molar-refractivity contribution in [1.82, 2.24) is 25.0 Å². The van der Waals surface area contributed by atoms with E-state index < -0.39 is 16.2 Å². The van der Waals surface area contributed by atoms with Crippen LogP contribution in [0.4, 0.5) is 15.8 Å². The zero-order chi connectivity index (χ0) is 21.6. The van der Waals surface area contributed by atoms with Crippen LogP contribution >= 0.6 is 0 Å². The fourth-order valence-electron chi connectivity index (χ4n) is 3.90. The maximum Gasteiger partial charge on any atom is 0.265 e. The molecule has 0 saturated carbocycles. The number of pyridine rings is 1. The molecule has 5 rings (SSSR count). The summed E-state index contributed by atoms with van der Waals surface area (Å²) in [5.41, 5.74) is 3.18. The maximum atomic E-state index is 13.6. The summed E-state index contributed by atoms with van der Waals surface area (Å²) in [6.45, 7) is 1.03. The molecule has 11 heteroatoms. The third kappa shape index (κ3) is 3.50. The van der Waals surface area contributed by atoms with Gasteiger partial charge in [-0.3, -0.25) is 19.5 Å². The molecule has 0 radical (unpaired) electrons. The Morgan fingerprint density at radius 2 is 2.16 bits per heavy atom. The van der Waals surface area contributed by atoms with Crippen molar-refractivity contribution in [1.29, 1.82) is 0 Å². The van der Waals surface area contributed by atoms with Crippen LogP contribution in [0.3, 0.4) is 0 Å². The molecular weight excluding hydrogens is 421 g/mol. The lowest BCUT2D eigenvalue weighted by molar-refractivity contribution is 0.364.